The first-order chi connectivity index (χ1) is 12.1. The van der Waals surface area contributed by atoms with Crippen molar-refractivity contribution in [1.29, 1.82) is 0 Å². The maximum absolute atomic E-state index is 12.8. The fourth-order valence-corrected chi connectivity index (χ4v) is 4.97. The number of morpholine rings is 1. The van der Waals surface area contributed by atoms with Crippen LogP contribution in [0.2, 0.25) is 0 Å². The van der Waals surface area contributed by atoms with E-state index >= 15 is 0 Å². The summed E-state index contributed by atoms with van der Waals surface area (Å²) in [5.74, 6) is 0. The van der Waals surface area contributed by atoms with Gasteiger partial charge in [-0.15, -0.1) is 0 Å². The third kappa shape index (κ3) is 3.13. The van der Waals surface area contributed by atoms with Crippen LogP contribution in [0.1, 0.15) is 0 Å². The molecule has 0 amide bonds. The molecule has 4 rings (SSSR count). The lowest BCUT2D eigenvalue weighted by atomic mass is 10.1. The molecule has 0 radical (unpaired) electrons. The van der Waals surface area contributed by atoms with Crippen LogP contribution < -0.4 is 0 Å². The molecule has 0 spiro atoms. The summed E-state index contributed by atoms with van der Waals surface area (Å²) in [6, 6.07) is 15.1. The van der Waals surface area contributed by atoms with E-state index in [1.165, 1.54) is 4.31 Å². The molecule has 2 aromatic carbocycles. The minimum atomic E-state index is -3.49. The summed E-state index contributed by atoms with van der Waals surface area (Å²) in [6.07, 6.45) is 0. The van der Waals surface area contributed by atoms with Gasteiger partial charge in [-0.1, -0.05) is 34.1 Å². The summed E-state index contributed by atoms with van der Waals surface area (Å²) in [7, 11) is -3.49. The molecule has 0 atom stereocenters. The normalized spacial score (nSPS) is 16.4. The Morgan fingerprint density at radius 2 is 1.80 bits per heavy atom. The van der Waals surface area contributed by atoms with E-state index in [-0.39, 0.29) is 0 Å². The van der Waals surface area contributed by atoms with Gasteiger partial charge in [-0.05, 0) is 30.3 Å². The minimum Gasteiger partial charge on any atom is -0.379 e. The Morgan fingerprint density at radius 1 is 1.04 bits per heavy atom. The SMILES string of the molecule is O=S(=O)(c1ccc2[nH]c(-c3ccccc3Br)cc2c1)N1CCOCC1. The topological polar surface area (TPSA) is 62.4 Å². The average molecular weight is 421 g/mol. The summed E-state index contributed by atoms with van der Waals surface area (Å²) in [5, 5.41) is 0.875. The van der Waals surface area contributed by atoms with E-state index in [1.807, 2.05) is 36.4 Å². The Balaban J connectivity index is 1.75. The highest BCUT2D eigenvalue weighted by Crippen LogP contribution is 2.31. The molecule has 1 N–H and O–H groups in total. The van der Waals surface area contributed by atoms with Crippen LogP contribution in [0.5, 0.6) is 0 Å². The van der Waals surface area contributed by atoms with Crippen molar-refractivity contribution in [1.82, 2.24) is 9.29 Å². The molecule has 0 aliphatic carbocycles. The highest BCUT2D eigenvalue weighted by molar-refractivity contribution is 9.10. The number of hydrogen-bond acceptors (Lipinski definition) is 3. The molecule has 3 aromatic rings. The first kappa shape index (κ1) is 16.8. The van der Waals surface area contributed by atoms with Gasteiger partial charge in [0.25, 0.3) is 0 Å². The highest BCUT2D eigenvalue weighted by Gasteiger charge is 2.26. The van der Waals surface area contributed by atoms with E-state index in [0.717, 1.165) is 26.6 Å². The number of rotatable bonds is 3. The smallest absolute Gasteiger partial charge is 0.243 e. The van der Waals surface area contributed by atoms with Gasteiger partial charge in [0.2, 0.25) is 10.0 Å². The number of benzene rings is 2. The molecule has 130 valence electrons. The molecule has 1 aromatic heterocycles. The predicted molar refractivity (Wildman–Crippen MR) is 101 cm³/mol. The molecule has 1 aliphatic rings. The van der Waals surface area contributed by atoms with E-state index in [9.17, 15) is 8.42 Å². The van der Waals surface area contributed by atoms with E-state index in [2.05, 4.69) is 20.9 Å². The Hall–Kier alpha value is -1.67. The van der Waals surface area contributed by atoms with Gasteiger partial charge in [0.1, 0.15) is 0 Å². The van der Waals surface area contributed by atoms with Crippen LogP contribution in [-0.4, -0.2) is 44.0 Å². The zero-order chi connectivity index (χ0) is 17.4. The van der Waals surface area contributed by atoms with Gasteiger partial charge >= 0.3 is 0 Å². The summed E-state index contributed by atoms with van der Waals surface area (Å²) >= 11 is 3.55. The Labute approximate surface area is 154 Å². The van der Waals surface area contributed by atoms with Crippen molar-refractivity contribution >= 4 is 36.9 Å². The first-order valence-electron chi connectivity index (χ1n) is 8.01. The number of H-pyrrole nitrogens is 1. The quantitative estimate of drug-likeness (QED) is 0.703. The van der Waals surface area contributed by atoms with E-state index in [0.29, 0.717) is 31.2 Å². The van der Waals surface area contributed by atoms with Crippen molar-refractivity contribution < 1.29 is 13.2 Å². The largest absolute Gasteiger partial charge is 0.379 e. The maximum Gasteiger partial charge on any atom is 0.243 e. The fraction of sp³-hybridized carbons (Fsp3) is 0.222. The second-order valence-corrected chi connectivity index (χ2v) is 8.72. The molecular formula is C18H17BrN2O3S. The van der Waals surface area contributed by atoms with Crippen LogP contribution >= 0.6 is 15.9 Å². The lowest BCUT2D eigenvalue weighted by Crippen LogP contribution is -2.40. The van der Waals surface area contributed by atoms with E-state index in [4.69, 9.17) is 4.74 Å². The predicted octanol–water partition coefficient (Wildman–Crippen LogP) is 3.62. The second kappa shape index (κ2) is 6.57. The number of nitrogens with one attached hydrogen (secondary N) is 1. The minimum absolute atomic E-state index is 0.319. The monoisotopic (exact) mass is 420 g/mol. The number of aromatic nitrogens is 1. The number of sulfonamides is 1. The number of ether oxygens (including phenoxy) is 1. The number of fused-ring (bicyclic) bond motifs is 1. The number of nitrogens with zero attached hydrogens (tertiary/aromatic N) is 1. The lowest BCUT2D eigenvalue weighted by Gasteiger charge is -2.26. The Kier molecular flexibility index (Phi) is 4.41. The summed E-state index contributed by atoms with van der Waals surface area (Å²) in [4.78, 5) is 3.67. The molecule has 2 heterocycles. The molecule has 5 nitrogen and oxygen atoms in total. The van der Waals surface area contributed by atoms with Gasteiger partial charge < -0.3 is 9.72 Å². The van der Waals surface area contributed by atoms with Gasteiger partial charge in [-0.25, -0.2) is 8.42 Å². The molecule has 25 heavy (non-hydrogen) atoms. The summed E-state index contributed by atoms with van der Waals surface area (Å²) < 4.78 is 33.4. The van der Waals surface area contributed by atoms with Crippen LogP contribution in [0.3, 0.4) is 0 Å². The third-order valence-electron chi connectivity index (χ3n) is 4.36. The lowest BCUT2D eigenvalue weighted by molar-refractivity contribution is 0.0730. The summed E-state index contributed by atoms with van der Waals surface area (Å²) in [6.45, 7) is 1.68. The Morgan fingerprint density at radius 3 is 2.56 bits per heavy atom. The van der Waals surface area contributed by atoms with Crippen LogP contribution in [0, 0.1) is 0 Å². The van der Waals surface area contributed by atoms with Crippen molar-refractivity contribution in [3.63, 3.8) is 0 Å². The zero-order valence-electron chi connectivity index (χ0n) is 13.4. The van der Waals surface area contributed by atoms with Crippen molar-refractivity contribution in [2.45, 2.75) is 4.90 Å². The van der Waals surface area contributed by atoms with E-state index in [1.54, 1.807) is 12.1 Å². The third-order valence-corrected chi connectivity index (χ3v) is 6.95. The average Bonchev–Trinajstić information content (AvgIpc) is 3.06. The highest BCUT2D eigenvalue weighted by atomic mass is 79.9. The van der Waals surface area contributed by atoms with Crippen LogP contribution in [0.15, 0.2) is 57.9 Å². The standard InChI is InChI=1S/C18H17BrN2O3S/c19-16-4-2-1-3-15(16)18-12-13-11-14(5-6-17(13)20-18)25(22,23)21-7-9-24-10-8-21/h1-6,11-12,20H,7-10H2. The number of hydrogen-bond donors (Lipinski definition) is 1. The molecule has 0 unspecified atom stereocenters. The molecule has 1 fully saturated rings. The van der Waals surface area contributed by atoms with Gasteiger partial charge in [-0.2, -0.15) is 4.31 Å². The number of aromatic amines is 1. The summed E-state index contributed by atoms with van der Waals surface area (Å²) in [5.41, 5.74) is 2.89. The van der Waals surface area contributed by atoms with Crippen LogP contribution in [-0.2, 0) is 14.8 Å². The van der Waals surface area contributed by atoms with Crippen molar-refractivity contribution in [2.75, 3.05) is 26.3 Å². The van der Waals surface area contributed by atoms with Gasteiger partial charge in [0.05, 0.1) is 18.1 Å². The van der Waals surface area contributed by atoms with Gasteiger partial charge in [-0.3, -0.25) is 0 Å². The second-order valence-electron chi connectivity index (χ2n) is 5.93. The molecule has 0 bridgehead atoms. The maximum atomic E-state index is 12.8. The first-order valence-corrected chi connectivity index (χ1v) is 10.2. The van der Waals surface area contributed by atoms with Crippen molar-refractivity contribution in [2.24, 2.45) is 0 Å². The van der Waals surface area contributed by atoms with Crippen LogP contribution in [0.4, 0.5) is 0 Å². The van der Waals surface area contributed by atoms with E-state index < -0.39 is 10.0 Å². The van der Waals surface area contributed by atoms with Crippen molar-refractivity contribution in [3.8, 4) is 11.3 Å². The van der Waals surface area contributed by atoms with Crippen LogP contribution in [0.25, 0.3) is 22.2 Å². The zero-order valence-corrected chi connectivity index (χ0v) is 15.8. The Bertz CT molecular complexity index is 1020. The van der Waals surface area contributed by atoms with Crippen molar-refractivity contribution in [3.05, 3.63) is 53.0 Å². The molecular weight excluding hydrogens is 404 g/mol. The number of halogens is 1. The fourth-order valence-electron chi connectivity index (χ4n) is 3.03. The van der Waals surface area contributed by atoms with Gasteiger partial charge in [0.15, 0.2) is 0 Å². The molecule has 1 saturated heterocycles. The van der Waals surface area contributed by atoms with Gasteiger partial charge in [0, 0.05) is 39.7 Å². The molecule has 0 saturated carbocycles. The molecule has 7 heteroatoms. The molecule has 1 aliphatic heterocycles.